The number of rotatable bonds is 8. The molecule has 8 nitrogen and oxygen atoms in total. The molecule has 182 valence electrons. The van der Waals surface area contributed by atoms with Gasteiger partial charge in [-0.05, 0) is 31.4 Å². The maximum Gasteiger partial charge on any atom is 0.404 e. The standard InChI is InChI=1S/C25H31N3O5S/c1-25(2)21(23(31)27(3)15-18-12-8-5-9-13-18)28(16-34-25)22(30)20(29)19(26-24(32)33)14-17-10-6-4-7-11-17/h4-13,19-21,26,29H,14-16H2,1-3H3,(H,32,33)/t19-,20-,21?/m0/s1. The Bertz CT molecular complexity index is 1000. The molecule has 0 aliphatic carbocycles. The van der Waals surface area contributed by atoms with Crippen LogP contribution in [0.5, 0.6) is 0 Å². The Morgan fingerprint density at radius 3 is 2.21 bits per heavy atom. The Balaban J connectivity index is 1.79. The summed E-state index contributed by atoms with van der Waals surface area (Å²) in [6, 6.07) is 16.7. The van der Waals surface area contributed by atoms with E-state index in [9.17, 15) is 24.6 Å². The molecule has 3 amide bonds. The molecule has 0 saturated carbocycles. The van der Waals surface area contributed by atoms with E-state index >= 15 is 0 Å². The van der Waals surface area contributed by atoms with Gasteiger partial charge in [0.25, 0.3) is 5.91 Å². The van der Waals surface area contributed by atoms with E-state index in [2.05, 4.69) is 5.32 Å². The fourth-order valence-corrected chi connectivity index (χ4v) is 5.27. The first-order chi connectivity index (χ1) is 16.1. The number of likely N-dealkylation sites (N-methyl/N-ethyl adjacent to an activating group) is 1. The summed E-state index contributed by atoms with van der Waals surface area (Å²) >= 11 is 1.45. The Labute approximate surface area is 203 Å². The minimum atomic E-state index is -1.64. The first kappa shape index (κ1) is 25.6. The lowest BCUT2D eigenvalue weighted by atomic mass is 9.97. The van der Waals surface area contributed by atoms with E-state index in [1.165, 1.54) is 16.7 Å². The van der Waals surface area contributed by atoms with Gasteiger partial charge < -0.3 is 25.3 Å². The zero-order chi connectivity index (χ0) is 24.9. The number of carbonyl (C=O) groups excluding carboxylic acids is 2. The van der Waals surface area contributed by atoms with Crippen molar-refractivity contribution in [1.82, 2.24) is 15.1 Å². The number of hydrogen-bond donors (Lipinski definition) is 3. The maximum absolute atomic E-state index is 13.5. The first-order valence-electron chi connectivity index (χ1n) is 11.0. The molecule has 3 rings (SSSR count). The highest BCUT2D eigenvalue weighted by molar-refractivity contribution is 8.00. The molecule has 1 heterocycles. The molecular formula is C25H31N3O5S. The van der Waals surface area contributed by atoms with Crippen molar-refractivity contribution in [2.24, 2.45) is 0 Å². The molecule has 0 bridgehead atoms. The number of nitrogens with zero attached hydrogens (tertiary/aromatic N) is 2. The zero-order valence-electron chi connectivity index (χ0n) is 19.5. The van der Waals surface area contributed by atoms with Crippen molar-refractivity contribution in [1.29, 1.82) is 0 Å². The number of carboxylic acid groups (broad SMARTS) is 1. The molecule has 2 aromatic rings. The van der Waals surface area contributed by atoms with Gasteiger partial charge >= 0.3 is 6.09 Å². The summed E-state index contributed by atoms with van der Waals surface area (Å²) in [5, 5.41) is 22.5. The molecule has 2 aromatic carbocycles. The number of hydrogen-bond acceptors (Lipinski definition) is 5. The van der Waals surface area contributed by atoms with E-state index in [0.717, 1.165) is 11.1 Å². The van der Waals surface area contributed by atoms with Crippen LogP contribution in [0.15, 0.2) is 60.7 Å². The van der Waals surface area contributed by atoms with E-state index in [1.54, 1.807) is 36.2 Å². The molecule has 0 spiro atoms. The average Bonchev–Trinajstić information content (AvgIpc) is 3.13. The highest BCUT2D eigenvalue weighted by Crippen LogP contribution is 2.40. The molecule has 1 fully saturated rings. The molecule has 0 radical (unpaired) electrons. The average molecular weight is 486 g/mol. The zero-order valence-corrected chi connectivity index (χ0v) is 20.4. The normalized spacial score (nSPS) is 18.7. The summed E-state index contributed by atoms with van der Waals surface area (Å²) in [6.45, 7) is 4.18. The molecule has 1 aliphatic heterocycles. The number of aliphatic hydroxyl groups is 1. The Morgan fingerprint density at radius 1 is 1.09 bits per heavy atom. The summed E-state index contributed by atoms with van der Waals surface area (Å²) in [7, 11) is 1.69. The summed E-state index contributed by atoms with van der Waals surface area (Å²) in [5.74, 6) is -0.673. The van der Waals surface area contributed by atoms with Gasteiger partial charge in [0.05, 0.1) is 11.9 Å². The second-order valence-corrected chi connectivity index (χ2v) is 10.6. The molecule has 1 aliphatic rings. The molecular weight excluding hydrogens is 454 g/mol. The van der Waals surface area contributed by atoms with Crippen LogP contribution in [0.2, 0.25) is 0 Å². The summed E-state index contributed by atoms with van der Waals surface area (Å²) in [6.07, 6.45) is -2.84. The second kappa shape index (κ2) is 10.9. The van der Waals surface area contributed by atoms with Crippen LogP contribution >= 0.6 is 11.8 Å². The second-order valence-electron chi connectivity index (χ2n) is 8.96. The number of nitrogens with one attached hydrogen (secondary N) is 1. The third-order valence-corrected chi connectivity index (χ3v) is 7.32. The van der Waals surface area contributed by atoms with Crippen LogP contribution in [0, 0.1) is 0 Å². The predicted molar refractivity (Wildman–Crippen MR) is 131 cm³/mol. The van der Waals surface area contributed by atoms with Crippen LogP contribution in [0.3, 0.4) is 0 Å². The maximum atomic E-state index is 13.5. The molecule has 34 heavy (non-hydrogen) atoms. The minimum absolute atomic E-state index is 0.136. The van der Waals surface area contributed by atoms with Crippen LogP contribution in [-0.4, -0.2) is 73.8 Å². The molecule has 3 N–H and O–H groups in total. The largest absolute Gasteiger partial charge is 0.465 e. The van der Waals surface area contributed by atoms with Crippen molar-refractivity contribution in [2.45, 2.75) is 49.7 Å². The van der Waals surface area contributed by atoms with Gasteiger partial charge in [-0.3, -0.25) is 9.59 Å². The Morgan fingerprint density at radius 2 is 1.65 bits per heavy atom. The van der Waals surface area contributed by atoms with E-state index in [-0.39, 0.29) is 18.2 Å². The van der Waals surface area contributed by atoms with Crippen LogP contribution < -0.4 is 5.32 Å². The van der Waals surface area contributed by atoms with Gasteiger partial charge in [-0.15, -0.1) is 11.8 Å². The first-order valence-corrected chi connectivity index (χ1v) is 12.0. The van der Waals surface area contributed by atoms with Gasteiger partial charge in [0.15, 0.2) is 6.10 Å². The third-order valence-electron chi connectivity index (χ3n) is 5.94. The summed E-state index contributed by atoms with van der Waals surface area (Å²) in [4.78, 5) is 41.2. The molecule has 9 heteroatoms. The fraction of sp³-hybridized carbons (Fsp3) is 0.400. The van der Waals surface area contributed by atoms with Crippen molar-refractivity contribution < 1.29 is 24.6 Å². The van der Waals surface area contributed by atoms with Crippen molar-refractivity contribution in [2.75, 3.05) is 12.9 Å². The Hall–Kier alpha value is -3.04. The van der Waals surface area contributed by atoms with Gasteiger partial charge in [-0.1, -0.05) is 60.7 Å². The fourth-order valence-electron chi connectivity index (χ4n) is 4.14. The van der Waals surface area contributed by atoms with E-state index in [4.69, 9.17) is 0 Å². The molecule has 3 atom stereocenters. The third kappa shape index (κ3) is 6.09. The van der Waals surface area contributed by atoms with E-state index in [0.29, 0.717) is 6.54 Å². The van der Waals surface area contributed by atoms with Crippen LogP contribution in [0.1, 0.15) is 25.0 Å². The van der Waals surface area contributed by atoms with E-state index < -0.39 is 34.9 Å². The van der Waals surface area contributed by atoms with Crippen molar-refractivity contribution >= 4 is 29.7 Å². The SMILES string of the molecule is CN(Cc1ccccc1)C(=O)C1N(C(=O)[C@@H](O)[C@H](Cc2ccccc2)NC(=O)O)CSC1(C)C. The van der Waals surface area contributed by atoms with Crippen molar-refractivity contribution in [3.63, 3.8) is 0 Å². The van der Waals surface area contributed by atoms with Crippen LogP contribution in [-0.2, 0) is 22.6 Å². The molecule has 1 saturated heterocycles. The van der Waals surface area contributed by atoms with E-state index in [1.807, 2.05) is 50.2 Å². The van der Waals surface area contributed by atoms with Crippen molar-refractivity contribution in [3.05, 3.63) is 71.8 Å². The van der Waals surface area contributed by atoms with Gasteiger partial charge in [0.1, 0.15) is 6.04 Å². The molecule has 0 aromatic heterocycles. The quantitative estimate of drug-likeness (QED) is 0.530. The summed E-state index contributed by atoms with van der Waals surface area (Å²) in [5.41, 5.74) is 1.74. The lowest BCUT2D eigenvalue weighted by Crippen LogP contribution is -2.58. The lowest BCUT2D eigenvalue weighted by molar-refractivity contribution is -0.150. The van der Waals surface area contributed by atoms with Gasteiger partial charge in [-0.2, -0.15) is 0 Å². The number of benzene rings is 2. The van der Waals surface area contributed by atoms with Crippen LogP contribution in [0.4, 0.5) is 4.79 Å². The highest BCUT2D eigenvalue weighted by atomic mass is 32.2. The minimum Gasteiger partial charge on any atom is -0.465 e. The lowest BCUT2D eigenvalue weighted by Gasteiger charge is -2.35. The number of carbonyl (C=O) groups is 3. The smallest absolute Gasteiger partial charge is 0.404 e. The van der Waals surface area contributed by atoms with Gasteiger partial charge in [0.2, 0.25) is 5.91 Å². The topological polar surface area (TPSA) is 110 Å². The van der Waals surface area contributed by atoms with Crippen molar-refractivity contribution in [3.8, 4) is 0 Å². The van der Waals surface area contributed by atoms with Crippen LogP contribution in [0.25, 0.3) is 0 Å². The highest BCUT2D eigenvalue weighted by Gasteiger charge is 2.50. The predicted octanol–water partition coefficient (Wildman–Crippen LogP) is 2.56. The molecule has 1 unspecified atom stereocenters. The Kier molecular flexibility index (Phi) is 8.22. The monoisotopic (exact) mass is 485 g/mol. The summed E-state index contributed by atoms with van der Waals surface area (Å²) < 4.78 is -0.577. The van der Waals surface area contributed by atoms with Gasteiger partial charge in [-0.25, -0.2) is 4.79 Å². The number of aliphatic hydroxyl groups excluding tert-OH is 1. The number of thioether (sulfide) groups is 1. The van der Waals surface area contributed by atoms with Gasteiger partial charge in [0, 0.05) is 18.3 Å². The number of amides is 3.